The van der Waals surface area contributed by atoms with Gasteiger partial charge < -0.3 is 14.5 Å². The van der Waals surface area contributed by atoms with Crippen molar-refractivity contribution in [3.05, 3.63) is 17.6 Å². The van der Waals surface area contributed by atoms with Crippen molar-refractivity contribution in [1.82, 2.24) is 14.9 Å². The summed E-state index contributed by atoms with van der Waals surface area (Å²) < 4.78 is 18.9. The van der Waals surface area contributed by atoms with Crippen LogP contribution in [0.3, 0.4) is 0 Å². The Morgan fingerprint density at radius 2 is 2.13 bits per heavy atom. The van der Waals surface area contributed by atoms with Gasteiger partial charge in [0.1, 0.15) is 23.9 Å². The molecule has 0 N–H and O–H groups in total. The van der Waals surface area contributed by atoms with Crippen molar-refractivity contribution in [2.45, 2.75) is 51.9 Å². The van der Waals surface area contributed by atoms with Crippen LogP contribution in [0, 0.1) is 0 Å². The molecule has 7 heteroatoms. The highest BCUT2D eigenvalue weighted by Crippen LogP contribution is 2.29. The standard InChI is InChI=1S/C16H23FN4O2/c1-16(2,3)23-15(22)21-7-5-12-13(9-21)18-10-19-14(12)20-6-4-11(17)8-20/h10-11H,4-9H2,1-3H3/t11-/m0/s1. The van der Waals surface area contributed by atoms with E-state index in [4.69, 9.17) is 4.74 Å². The van der Waals surface area contributed by atoms with E-state index in [1.165, 1.54) is 6.33 Å². The summed E-state index contributed by atoms with van der Waals surface area (Å²) in [5, 5.41) is 0. The van der Waals surface area contributed by atoms with Crippen molar-refractivity contribution in [2.75, 3.05) is 24.5 Å². The fraction of sp³-hybridized carbons (Fsp3) is 0.688. The maximum absolute atomic E-state index is 13.5. The van der Waals surface area contributed by atoms with Gasteiger partial charge in [0.25, 0.3) is 0 Å². The van der Waals surface area contributed by atoms with Crippen molar-refractivity contribution >= 4 is 11.9 Å². The van der Waals surface area contributed by atoms with E-state index in [9.17, 15) is 9.18 Å². The number of carbonyl (C=O) groups excluding carboxylic acids is 1. The van der Waals surface area contributed by atoms with Crippen molar-refractivity contribution in [1.29, 1.82) is 0 Å². The number of amides is 1. The molecule has 2 aliphatic rings. The lowest BCUT2D eigenvalue weighted by Crippen LogP contribution is -2.40. The zero-order valence-corrected chi connectivity index (χ0v) is 13.9. The summed E-state index contributed by atoms with van der Waals surface area (Å²) in [6.45, 7) is 7.60. The van der Waals surface area contributed by atoms with Crippen molar-refractivity contribution in [3.8, 4) is 0 Å². The zero-order valence-electron chi connectivity index (χ0n) is 13.9. The summed E-state index contributed by atoms with van der Waals surface area (Å²) in [6.07, 6.45) is 1.59. The second-order valence-corrected chi connectivity index (χ2v) is 7.11. The average Bonchev–Trinajstić information content (AvgIpc) is 2.90. The fourth-order valence-corrected chi connectivity index (χ4v) is 3.00. The number of hydrogen-bond donors (Lipinski definition) is 0. The average molecular weight is 322 g/mol. The van der Waals surface area contributed by atoms with Crippen LogP contribution < -0.4 is 4.90 Å². The predicted octanol–water partition coefficient (Wildman–Crippen LogP) is 2.32. The minimum absolute atomic E-state index is 0.326. The van der Waals surface area contributed by atoms with Gasteiger partial charge in [-0.05, 0) is 33.6 Å². The smallest absolute Gasteiger partial charge is 0.410 e. The predicted molar refractivity (Wildman–Crippen MR) is 84.1 cm³/mol. The Labute approximate surface area is 135 Å². The van der Waals surface area contributed by atoms with Gasteiger partial charge in [-0.1, -0.05) is 0 Å². The van der Waals surface area contributed by atoms with E-state index < -0.39 is 11.8 Å². The van der Waals surface area contributed by atoms with E-state index in [2.05, 4.69) is 9.97 Å². The van der Waals surface area contributed by atoms with Crippen LogP contribution in [-0.2, 0) is 17.7 Å². The molecule has 23 heavy (non-hydrogen) atoms. The van der Waals surface area contributed by atoms with Crippen molar-refractivity contribution < 1.29 is 13.9 Å². The highest BCUT2D eigenvalue weighted by molar-refractivity contribution is 5.69. The lowest BCUT2D eigenvalue weighted by molar-refractivity contribution is 0.0221. The highest BCUT2D eigenvalue weighted by Gasteiger charge is 2.31. The largest absolute Gasteiger partial charge is 0.444 e. The van der Waals surface area contributed by atoms with Crippen LogP contribution >= 0.6 is 0 Å². The molecular weight excluding hydrogens is 299 g/mol. The molecule has 126 valence electrons. The summed E-state index contributed by atoms with van der Waals surface area (Å²) in [6, 6.07) is 0. The molecular formula is C16H23FN4O2. The van der Waals surface area contributed by atoms with Gasteiger partial charge in [0, 0.05) is 18.7 Å². The number of anilines is 1. The molecule has 3 rings (SSSR count). The number of alkyl halides is 1. The number of aromatic nitrogens is 2. The normalized spacial score (nSPS) is 21.3. The van der Waals surface area contributed by atoms with Crippen LogP contribution in [0.15, 0.2) is 6.33 Å². The minimum Gasteiger partial charge on any atom is -0.444 e. The topological polar surface area (TPSA) is 58.6 Å². The molecule has 1 fully saturated rings. The van der Waals surface area contributed by atoms with Gasteiger partial charge in [0.15, 0.2) is 0 Å². The van der Waals surface area contributed by atoms with Crippen molar-refractivity contribution in [3.63, 3.8) is 0 Å². The first-order valence-corrected chi connectivity index (χ1v) is 8.03. The van der Waals surface area contributed by atoms with Crippen LogP contribution in [0.25, 0.3) is 0 Å². The number of hydrogen-bond acceptors (Lipinski definition) is 5. The molecule has 0 unspecified atom stereocenters. The number of carbonyl (C=O) groups is 1. The van der Waals surface area contributed by atoms with Gasteiger partial charge >= 0.3 is 6.09 Å². The van der Waals surface area contributed by atoms with E-state index in [1.54, 1.807) is 4.90 Å². The molecule has 0 radical (unpaired) electrons. The SMILES string of the molecule is CC(C)(C)OC(=O)N1CCc2c(ncnc2N2CC[C@H](F)C2)C1. The third-order valence-electron chi connectivity index (χ3n) is 4.07. The second-order valence-electron chi connectivity index (χ2n) is 7.11. The van der Waals surface area contributed by atoms with E-state index >= 15 is 0 Å². The first kappa shape index (κ1) is 16.0. The molecule has 0 aromatic carbocycles. The molecule has 0 aliphatic carbocycles. The minimum atomic E-state index is -0.789. The van der Waals surface area contributed by atoms with E-state index in [0.29, 0.717) is 39.0 Å². The molecule has 0 saturated carbocycles. The summed E-state index contributed by atoms with van der Waals surface area (Å²) >= 11 is 0. The van der Waals surface area contributed by atoms with E-state index in [-0.39, 0.29) is 6.09 Å². The molecule has 3 heterocycles. The van der Waals surface area contributed by atoms with Gasteiger partial charge in [0.05, 0.1) is 18.8 Å². The maximum atomic E-state index is 13.5. The number of nitrogens with zero attached hydrogens (tertiary/aromatic N) is 4. The zero-order chi connectivity index (χ0) is 16.6. The molecule has 2 aliphatic heterocycles. The van der Waals surface area contributed by atoms with Gasteiger partial charge in [0.2, 0.25) is 0 Å². The Morgan fingerprint density at radius 1 is 1.35 bits per heavy atom. The number of ether oxygens (including phenoxy) is 1. The Bertz CT molecular complexity index is 602. The Balaban J connectivity index is 1.76. The Kier molecular flexibility index (Phi) is 4.12. The van der Waals surface area contributed by atoms with Crippen LogP contribution in [0.1, 0.15) is 38.4 Å². The monoisotopic (exact) mass is 322 g/mol. The Morgan fingerprint density at radius 3 is 2.78 bits per heavy atom. The summed E-state index contributed by atoms with van der Waals surface area (Å²) in [5.74, 6) is 0.819. The third-order valence-corrected chi connectivity index (χ3v) is 4.07. The van der Waals surface area contributed by atoms with Crippen LogP contribution in [0.4, 0.5) is 15.0 Å². The highest BCUT2D eigenvalue weighted by atomic mass is 19.1. The summed E-state index contributed by atoms with van der Waals surface area (Å²) in [5.41, 5.74) is 1.34. The maximum Gasteiger partial charge on any atom is 0.410 e. The van der Waals surface area contributed by atoms with Gasteiger partial charge in [-0.15, -0.1) is 0 Å². The first-order chi connectivity index (χ1) is 10.8. The molecule has 0 bridgehead atoms. The number of halogens is 1. The molecule has 1 aromatic heterocycles. The van der Waals surface area contributed by atoms with E-state index in [1.807, 2.05) is 25.7 Å². The van der Waals surface area contributed by atoms with E-state index in [0.717, 1.165) is 17.1 Å². The second kappa shape index (κ2) is 5.94. The third kappa shape index (κ3) is 3.54. The number of fused-ring (bicyclic) bond motifs is 1. The Hall–Kier alpha value is -1.92. The molecule has 1 aromatic rings. The first-order valence-electron chi connectivity index (χ1n) is 8.03. The van der Waals surface area contributed by atoms with Crippen molar-refractivity contribution in [2.24, 2.45) is 0 Å². The fourth-order valence-electron chi connectivity index (χ4n) is 3.00. The molecule has 0 spiro atoms. The lowest BCUT2D eigenvalue weighted by Gasteiger charge is -2.32. The van der Waals surface area contributed by atoms with Crippen LogP contribution in [-0.4, -0.2) is 52.4 Å². The molecule has 6 nitrogen and oxygen atoms in total. The summed E-state index contributed by atoms with van der Waals surface area (Å²) in [4.78, 5) is 24.5. The van der Waals surface area contributed by atoms with Crippen LogP contribution in [0.2, 0.25) is 0 Å². The van der Waals surface area contributed by atoms with Gasteiger partial charge in [-0.3, -0.25) is 0 Å². The lowest BCUT2D eigenvalue weighted by atomic mass is 10.1. The molecule has 1 amide bonds. The van der Waals surface area contributed by atoms with Gasteiger partial charge in [-0.25, -0.2) is 19.2 Å². The summed E-state index contributed by atoms with van der Waals surface area (Å²) in [7, 11) is 0. The quantitative estimate of drug-likeness (QED) is 0.794. The number of rotatable bonds is 1. The molecule has 1 atom stereocenters. The van der Waals surface area contributed by atoms with Crippen LogP contribution in [0.5, 0.6) is 0 Å². The van der Waals surface area contributed by atoms with Gasteiger partial charge in [-0.2, -0.15) is 0 Å². The molecule has 1 saturated heterocycles.